The molecule has 0 saturated heterocycles. The number of aliphatic hydroxyl groups is 1. The Hall–Kier alpha value is -1.30. The fraction of sp³-hybridized carbons (Fsp3) is 0.364. The van der Waals surface area contributed by atoms with Crippen LogP contribution in [-0.2, 0) is 0 Å². The Labute approximate surface area is 105 Å². The highest BCUT2D eigenvalue weighted by Crippen LogP contribution is 2.20. The van der Waals surface area contributed by atoms with Gasteiger partial charge in [-0.2, -0.15) is 0 Å². The molecular formula is C11H16ClN3O2. The van der Waals surface area contributed by atoms with Crippen molar-refractivity contribution in [2.45, 2.75) is 19.1 Å². The molecule has 0 aliphatic carbocycles. The molecule has 94 valence electrons. The van der Waals surface area contributed by atoms with Crippen molar-refractivity contribution in [1.29, 1.82) is 0 Å². The molecule has 0 aromatic heterocycles. The Morgan fingerprint density at radius 2 is 2.24 bits per heavy atom. The number of carbonyl (C=O) groups excluding carboxylic acids is 1. The lowest BCUT2D eigenvalue weighted by Crippen LogP contribution is -2.39. The van der Waals surface area contributed by atoms with Gasteiger partial charge in [0.05, 0.1) is 11.7 Å². The van der Waals surface area contributed by atoms with E-state index in [9.17, 15) is 9.90 Å². The van der Waals surface area contributed by atoms with Gasteiger partial charge in [0.1, 0.15) is 0 Å². The lowest BCUT2D eigenvalue weighted by Gasteiger charge is -2.17. The molecule has 2 atom stereocenters. The number of hydrogen-bond acceptors (Lipinski definition) is 4. The first-order chi connectivity index (χ1) is 7.91. The zero-order chi connectivity index (χ0) is 13.0. The molecule has 0 radical (unpaired) electrons. The van der Waals surface area contributed by atoms with E-state index >= 15 is 0 Å². The monoisotopic (exact) mass is 257 g/mol. The summed E-state index contributed by atoms with van der Waals surface area (Å²) >= 11 is 5.83. The first-order valence-electron chi connectivity index (χ1n) is 5.18. The van der Waals surface area contributed by atoms with Gasteiger partial charge < -0.3 is 21.9 Å². The van der Waals surface area contributed by atoms with Gasteiger partial charge in [-0.3, -0.25) is 4.79 Å². The molecule has 17 heavy (non-hydrogen) atoms. The van der Waals surface area contributed by atoms with E-state index in [1.54, 1.807) is 25.1 Å². The van der Waals surface area contributed by atoms with Gasteiger partial charge in [0.2, 0.25) is 0 Å². The standard InChI is InChI=1S/C11H16ClN3O2/c1-6(16)9(13)5-15-10-4-7(12)2-3-8(10)11(14)17/h2-4,6,9,15-16H,5,13H2,1H3,(H2,14,17). The van der Waals surface area contributed by atoms with Crippen molar-refractivity contribution in [3.05, 3.63) is 28.8 Å². The van der Waals surface area contributed by atoms with Crippen molar-refractivity contribution in [3.63, 3.8) is 0 Å². The third kappa shape index (κ3) is 3.89. The second-order valence-corrected chi connectivity index (χ2v) is 4.28. The fourth-order valence-electron chi connectivity index (χ4n) is 1.28. The molecule has 0 saturated carbocycles. The van der Waals surface area contributed by atoms with E-state index in [0.717, 1.165) is 0 Å². The summed E-state index contributed by atoms with van der Waals surface area (Å²) in [7, 11) is 0. The molecule has 1 aromatic carbocycles. The molecule has 0 aliphatic heterocycles. The quantitative estimate of drug-likeness (QED) is 0.619. The smallest absolute Gasteiger partial charge is 0.250 e. The average Bonchev–Trinajstić information content (AvgIpc) is 2.25. The van der Waals surface area contributed by atoms with Crippen molar-refractivity contribution in [1.82, 2.24) is 0 Å². The van der Waals surface area contributed by atoms with Crippen LogP contribution in [0.3, 0.4) is 0 Å². The second-order valence-electron chi connectivity index (χ2n) is 3.84. The number of hydrogen-bond donors (Lipinski definition) is 4. The first-order valence-corrected chi connectivity index (χ1v) is 5.56. The first kappa shape index (κ1) is 13.8. The van der Waals surface area contributed by atoms with E-state index in [1.807, 2.05) is 0 Å². The molecule has 1 amide bonds. The van der Waals surface area contributed by atoms with E-state index in [1.165, 1.54) is 0 Å². The van der Waals surface area contributed by atoms with E-state index in [4.69, 9.17) is 23.1 Å². The van der Waals surface area contributed by atoms with Gasteiger partial charge in [0.25, 0.3) is 5.91 Å². The number of carbonyl (C=O) groups is 1. The van der Waals surface area contributed by atoms with Crippen LogP contribution in [0.4, 0.5) is 5.69 Å². The van der Waals surface area contributed by atoms with E-state index in [-0.39, 0.29) is 0 Å². The minimum atomic E-state index is -0.640. The van der Waals surface area contributed by atoms with Crippen molar-refractivity contribution in [3.8, 4) is 0 Å². The lowest BCUT2D eigenvalue weighted by atomic mass is 10.1. The van der Waals surface area contributed by atoms with Crippen molar-refractivity contribution >= 4 is 23.2 Å². The van der Waals surface area contributed by atoms with Crippen LogP contribution in [0, 0.1) is 0 Å². The van der Waals surface area contributed by atoms with Crippen molar-refractivity contribution in [2.75, 3.05) is 11.9 Å². The third-order valence-electron chi connectivity index (χ3n) is 2.39. The predicted octanol–water partition coefficient (Wildman–Crippen LogP) is 0.559. The Morgan fingerprint density at radius 1 is 1.59 bits per heavy atom. The maximum Gasteiger partial charge on any atom is 0.250 e. The summed E-state index contributed by atoms with van der Waals surface area (Å²) in [5, 5.41) is 12.7. The number of benzene rings is 1. The normalized spacial score (nSPS) is 14.1. The predicted molar refractivity (Wildman–Crippen MR) is 68.1 cm³/mol. The summed E-state index contributed by atoms with van der Waals surface area (Å²) in [5.41, 5.74) is 11.7. The number of primary amides is 1. The van der Waals surface area contributed by atoms with Gasteiger partial charge in [-0.05, 0) is 25.1 Å². The van der Waals surface area contributed by atoms with Crippen LogP contribution in [0.2, 0.25) is 5.02 Å². The SMILES string of the molecule is CC(O)C(N)CNc1cc(Cl)ccc1C(N)=O. The van der Waals surface area contributed by atoms with Gasteiger partial charge in [0, 0.05) is 23.3 Å². The molecule has 2 unspecified atom stereocenters. The average molecular weight is 258 g/mol. The summed E-state index contributed by atoms with van der Waals surface area (Å²) < 4.78 is 0. The number of rotatable bonds is 5. The second kappa shape index (κ2) is 5.86. The fourth-order valence-corrected chi connectivity index (χ4v) is 1.45. The molecule has 6 heteroatoms. The molecule has 0 heterocycles. The molecule has 0 fully saturated rings. The molecule has 0 aliphatic rings. The third-order valence-corrected chi connectivity index (χ3v) is 2.63. The maximum absolute atomic E-state index is 11.2. The molecule has 5 nitrogen and oxygen atoms in total. The van der Waals surface area contributed by atoms with Gasteiger partial charge in [-0.25, -0.2) is 0 Å². The zero-order valence-electron chi connectivity index (χ0n) is 9.48. The molecule has 0 bridgehead atoms. The Bertz CT molecular complexity index is 410. The highest BCUT2D eigenvalue weighted by Gasteiger charge is 2.12. The van der Waals surface area contributed by atoms with Crippen molar-refractivity contribution in [2.24, 2.45) is 11.5 Å². The van der Waals surface area contributed by atoms with Crippen LogP contribution in [0.1, 0.15) is 17.3 Å². The lowest BCUT2D eigenvalue weighted by molar-refractivity contribution is 0.100. The highest BCUT2D eigenvalue weighted by molar-refractivity contribution is 6.31. The Balaban J connectivity index is 2.82. The summed E-state index contributed by atoms with van der Waals surface area (Å²) in [6.07, 6.45) is -0.640. The minimum Gasteiger partial charge on any atom is -0.392 e. The number of nitrogens with two attached hydrogens (primary N) is 2. The van der Waals surface area contributed by atoms with Gasteiger partial charge in [-0.15, -0.1) is 0 Å². The number of nitrogens with one attached hydrogen (secondary N) is 1. The number of halogens is 1. The van der Waals surface area contributed by atoms with E-state index in [0.29, 0.717) is 22.8 Å². The summed E-state index contributed by atoms with van der Waals surface area (Å²) in [6.45, 7) is 1.91. The van der Waals surface area contributed by atoms with Crippen LogP contribution in [-0.4, -0.2) is 29.7 Å². The largest absolute Gasteiger partial charge is 0.392 e. The van der Waals surface area contributed by atoms with Crippen LogP contribution in [0.5, 0.6) is 0 Å². The molecule has 1 aromatic rings. The molecule has 0 spiro atoms. The minimum absolute atomic E-state index is 0.318. The number of anilines is 1. The topological polar surface area (TPSA) is 101 Å². The number of aliphatic hydroxyl groups excluding tert-OH is 1. The van der Waals surface area contributed by atoms with Gasteiger partial charge in [0.15, 0.2) is 0 Å². The van der Waals surface area contributed by atoms with E-state index < -0.39 is 18.1 Å². The summed E-state index contributed by atoms with van der Waals surface area (Å²) in [6, 6.07) is 4.29. The van der Waals surface area contributed by atoms with Crippen LogP contribution in [0.15, 0.2) is 18.2 Å². The van der Waals surface area contributed by atoms with Crippen molar-refractivity contribution < 1.29 is 9.90 Å². The number of amides is 1. The maximum atomic E-state index is 11.2. The zero-order valence-corrected chi connectivity index (χ0v) is 10.2. The highest BCUT2D eigenvalue weighted by atomic mass is 35.5. The molecule has 6 N–H and O–H groups in total. The van der Waals surface area contributed by atoms with Gasteiger partial charge >= 0.3 is 0 Å². The van der Waals surface area contributed by atoms with Crippen LogP contribution >= 0.6 is 11.6 Å². The Morgan fingerprint density at radius 3 is 2.76 bits per heavy atom. The summed E-state index contributed by atoms with van der Waals surface area (Å²) in [4.78, 5) is 11.2. The Kier molecular flexibility index (Phi) is 4.74. The van der Waals surface area contributed by atoms with Crippen LogP contribution < -0.4 is 16.8 Å². The summed E-state index contributed by atoms with van der Waals surface area (Å²) in [5.74, 6) is -0.546. The van der Waals surface area contributed by atoms with E-state index in [2.05, 4.69) is 5.32 Å². The van der Waals surface area contributed by atoms with Crippen LogP contribution in [0.25, 0.3) is 0 Å². The van der Waals surface area contributed by atoms with Gasteiger partial charge in [-0.1, -0.05) is 11.6 Å². The molecule has 1 rings (SSSR count). The molecular weight excluding hydrogens is 242 g/mol.